The Hall–Kier alpha value is -1.75. The number of nitrogen functional groups attached to an aromatic ring is 2. The van der Waals surface area contributed by atoms with Crippen molar-refractivity contribution in [3.63, 3.8) is 0 Å². The number of carbonyl (C=O) groups excluding carboxylic acids is 1. The van der Waals surface area contributed by atoms with Gasteiger partial charge in [0.2, 0.25) is 0 Å². The first kappa shape index (κ1) is 10.3. The van der Waals surface area contributed by atoms with Gasteiger partial charge < -0.3 is 11.5 Å². The second-order valence-corrected chi connectivity index (χ2v) is 3.02. The van der Waals surface area contributed by atoms with Crippen molar-refractivity contribution >= 4 is 17.3 Å². The predicted octanol–water partition coefficient (Wildman–Crippen LogP) is 0.0236. The van der Waals surface area contributed by atoms with E-state index in [-0.39, 0.29) is 5.91 Å². The summed E-state index contributed by atoms with van der Waals surface area (Å²) in [4.78, 5) is 11.5. The van der Waals surface area contributed by atoms with E-state index in [2.05, 4.69) is 10.9 Å². The van der Waals surface area contributed by atoms with Crippen molar-refractivity contribution in [3.05, 3.63) is 23.3 Å². The van der Waals surface area contributed by atoms with E-state index < -0.39 is 0 Å². The normalized spacial score (nSPS) is 9.86. The largest absolute Gasteiger partial charge is 0.397 e. The van der Waals surface area contributed by atoms with Gasteiger partial charge >= 0.3 is 0 Å². The number of hydrazine groups is 1. The molecule has 0 bridgehead atoms. The van der Waals surface area contributed by atoms with Gasteiger partial charge in [-0.2, -0.15) is 0 Å². The minimum atomic E-state index is -0.291. The van der Waals surface area contributed by atoms with Gasteiger partial charge in [-0.1, -0.05) is 0 Å². The van der Waals surface area contributed by atoms with Crippen LogP contribution in [0.5, 0.6) is 0 Å². The van der Waals surface area contributed by atoms with E-state index in [1.807, 2.05) is 6.92 Å². The molecule has 1 amide bonds. The van der Waals surface area contributed by atoms with E-state index in [1.54, 1.807) is 19.2 Å². The highest BCUT2D eigenvalue weighted by atomic mass is 16.2. The highest BCUT2D eigenvalue weighted by molar-refractivity contribution is 6.01. The third kappa shape index (κ3) is 1.94. The topological polar surface area (TPSA) is 93.2 Å². The van der Waals surface area contributed by atoms with Crippen LogP contribution in [-0.4, -0.2) is 13.0 Å². The van der Waals surface area contributed by atoms with E-state index in [0.717, 1.165) is 5.56 Å². The molecule has 6 N–H and O–H groups in total. The van der Waals surface area contributed by atoms with E-state index in [0.29, 0.717) is 16.9 Å². The summed E-state index contributed by atoms with van der Waals surface area (Å²) in [6.07, 6.45) is 0. The molecular weight excluding hydrogens is 180 g/mol. The van der Waals surface area contributed by atoms with Crippen LogP contribution in [0, 0.1) is 6.92 Å². The SMILES string of the molecule is CNNC(=O)c1cc(C)cc(N)c1N. The molecule has 0 radical (unpaired) electrons. The van der Waals surface area contributed by atoms with Crippen LogP contribution in [0.3, 0.4) is 0 Å². The number of aryl methyl sites for hydroxylation is 1. The van der Waals surface area contributed by atoms with Gasteiger partial charge in [0, 0.05) is 7.05 Å². The molecule has 5 heteroatoms. The standard InChI is InChI=1S/C9H14N4O/c1-5-3-6(9(14)13-12-2)8(11)7(10)4-5/h3-4,12H,10-11H2,1-2H3,(H,13,14). The van der Waals surface area contributed by atoms with Crippen LogP contribution >= 0.6 is 0 Å². The number of hydrogen-bond acceptors (Lipinski definition) is 4. The number of hydrogen-bond donors (Lipinski definition) is 4. The lowest BCUT2D eigenvalue weighted by Crippen LogP contribution is -2.34. The lowest BCUT2D eigenvalue weighted by Gasteiger charge is -2.09. The first-order valence-electron chi connectivity index (χ1n) is 4.19. The third-order valence-corrected chi connectivity index (χ3v) is 1.84. The Kier molecular flexibility index (Phi) is 2.93. The molecule has 0 aliphatic carbocycles. The van der Waals surface area contributed by atoms with E-state index in [1.165, 1.54) is 0 Å². The van der Waals surface area contributed by atoms with Gasteiger partial charge in [-0.15, -0.1) is 0 Å². The van der Waals surface area contributed by atoms with Gasteiger partial charge in [-0.05, 0) is 24.6 Å². The highest BCUT2D eigenvalue weighted by Gasteiger charge is 2.11. The van der Waals surface area contributed by atoms with Crippen molar-refractivity contribution in [2.45, 2.75) is 6.92 Å². The fraction of sp³-hybridized carbons (Fsp3) is 0.222. The Bertz CT molecular complexity index is 362. The van der Waals surface area contributed by atoms with Crippen LogP contribution in [0.4, 0.5) is 11.4 Å². The fourth-order valence-electron chi connectivity index (χ4n) is 1.19. The quantitative estimate of drug-likeness (QED) is 0.394. The Morgan fingerprint density at radius 1 is 1.36 bits per heavy atom. The van der Waals surface area contributed by atoms with Crippen LogP contribution in [-0.2, 0) is 0 Å². The lowest BCUT2D eigenvalue weighted by atomic mass is 10.1. The minimum absolute atomic E-state index is 0.291. The van der Waals surface area contributed by atoms with Gasteiger partial charge in [-0.3, -0.25) is 10.2 Å². The van der Waals surface area contributed by atoms with Crippen molar-refractivity contribution in [3.8, 4) is 0 Å². The fourth-order valence-corrected chi connectivity index (χ4v) is 1.19. The highest BCUT2D eigenvalue weighted by Crippen LogP contribution is 2.21. The van der Waals surface area contributed by atoms with Crippen molar-refractivity contribution in [1.82, 2.24) is 10.9 Å². The lowest BCUT2D eigenvalue weighted by molar-refractivity contribution is 0.0939. The summed E-state index contributed by atoms with van der Waals surface area (Å²) >= 11 is 0. The molecule has 0 fully saturated rings. The number of nitrogens with two attached hydrogens (primary N) is 2. The van der Waals surface area contributed by atoms with E-state index in [9.17, 15) is 4.79 Å². The van der Waals surface area contributed by atoms with Crippen molar-refractivity contribution < 1.29 is 4.79 Å². The molecule has 76 valence electrons. The Morgan fingerprint density at radius 2 is 2.00 bits per heavy atom. The molecule has 1 aromatic carbocycles. The zero-order chi connectivity index (χ0) is 10.7. The maximum absolute atomic E-state index is 11.5. The summed E-state index contributed by atoms with van der Waals surface area (Å²) in [7, 11) is 1.60. The minimum Gasteiger partial charge on any atom is -0.397 e. The number of rotatable bonds is 2. The Balaban J connectivity index is 3.13. The predicted molar refractivity (Wildman–Crippen MR) is 56.5 cm³/mol. The molecule has 5 nitrogen and oxygen atoms in total. The maximum Gasteiger partial charge on any atom is 0.267 e. The van der Waals surface area contributed by atoms with E-state index >= 15 is 0 Å². The average Bonchev–Trinajstić information content (AvgIpc) is 2.11. The zero-order valence-corrected chi connectivity index (χ0v) is 8.22. The Labute approximate surface area is 82.4 Å². The average molecular weight is 194 g/mol. The number of nitrogens with one attached hydrogen (secondary N) is 2. The summed E-state index contributed by atoms with van der Waals surface area (Å²) in [6.45, 7) is 1.85. The van der Waals surface area contributed by atoms with Crippen LogP contribution in [0.2, 0.25) is 0 Å². The molecule has 0 unspecified atom stereocenters. The summed E-state index contributed by atoms with van der Waals surface area (Å²) in [5.74, 6) is -0.291. The molecule has 0 heterocycles. The molecule has 0 saturated carbocycles. The summed E-state index contributed by atoms with van der Waals surface area (Å²) < 4.78 is 0. The molecule has 0 saturated heterocycles. The van der Waals surface area contributed by atoms with Crippen LogP contribution < -0.4 is 22.3 Å². The molecular formula is C9H14N4O. The summed E-state index contributed by atoms with van der Waals surface area (Å²) in [5.41, 5.74) is 18.3. The smallest absolute Gasteiger partial charge is 0.267 e. The van der Waals surface area contributed by atoms with Crippen molar-refractivity contribution in [2.75, 3.05) is 18.5 Å². The monoisotopic (exact) mass is 194 g/mol. The molecule has 0 aliphatic rings. The van der Waals surface area contributed by atoms with Crippen LogP contribution in [0.1, 0.15) is 15.9 Å². The van der Waals surface area contributed by atoms with Gasteiger partial charge in [0.15, 0.2) is 0 Å². The molecule has 0 aliphatic heterocycles. The van der Waals surface area contributed by atoms with Gasteiger partial charge in [0.1, 0.15) is 0 Å². The number of carbonyl (C=O) groups is 1. The number of anilines is 2. The van der Waals surface area contributed by atoms with Crippen LogP contribution in [0.15, 0.2) is 12.1 Å². The summed E-state index contributed by atoms with van der Waals surface area (Å²) in [6, 6.07) is 3.42. The van der Waals surface area contributed by atoms with Gasteiger partial charge in [0.05, 0.1) is 16.9 Å². The van der Waals surface area contributed by atoms with Crippen molar-refractivity contribution in [1.29, 1.82) is 0 Å². The van der Waals surface area contributed by atoms with Crippen LogP contribution in [0.25, 0.3) is 0 Å². The first-order valence-corrected chi connectivity index (χ1v) is 4.19. The molecule has 1 rings (SSSR count). The second kappa shape index (κ2) is 3.97. The Morgan fingerprint density at radius 3 is 2.57 bits per heavy atom. The molecule has 14 heavy (non-hydrogen) atoms. The molecule has 0 aromatic heterocycles. The zero-order valence-electron chi connectivity index (χ0n) is 8.22. The second-order valence-electron chi connectivity index (χ2n) is 3.02. The summed E-state index contributed by atoms with van der Waals surface area (Å²) in [5, 5.41) is 0. The molecule has 1 aromatic rings. The molecule has 0 atom stereocenters. The number of amides is 1. The number of benzene rings is 1. The van der Waals surface area contributed by atoms with E-state index in [4.69, 9.17) is 11.5 Å². The maximum atomic E-state index is 11.5. The van der Waals surface area contributed by atoms with Gasteiger partial charge in [0.25, 0.3) is 5.91 Å². The first-order chi connectivity index (χ1) is 6.56. The van der Waals surface area contributed by atoms with Crippen molar-refractivity contribution in [2.24, 2.45) is 0 Å². The van der Waals surface area contributed by atoms with Gasteiger partial charge in [-0.25, -0.2) is 5.43 Å². The third-order valence-electron chi connectivity index (χ3n) is 1.84. The molecule has 0 spiro atoms.